The van der Waals surface area contributed by atoms with E-state index >= 15 is 0 Å². The molecule has 3 aromatic rings. The standard InChI is InChI=1S/C17H19N3O/c1-3-8-19-16(14-7-9-18-11-20-14)15-10-13-6-4-5-12(2)17(13)21-15/h4-7,9-11,16,19H,3,8H2,1-2H3. The zero-order valence-electron chi connectivity index (χ0n) is 12.3. The fourth-order valence-corrected chi connectivity index (χ4v) is 2.48. The minimum Gasteiger partial charge on any atom is -0.459 e. The van der Waals surface area contributed by atoms with Gasteiger partial charge in [0.15, 0.2) is 0 Å². The van der Waals surface area contributed by atoms with Crippen LogP contribution in [0.4, 0.5) is 0 Å². The molecule has 0 bridgehead atoms. The van der Waals surface area contributed by atoms with Gasteiger partial charge in [-0.1, -0.05) is 25.1 Å². The molecule has 0 saturated carbocycles. The number of aromatic nitrogens is 2. The molecule has 2 heterocycles. The minimum absolute atomic E-state index is 0.0419. The molecule has 0 fully saturated rings. The van der Waals surface area contributed by atoms with Crippen LogP contribution in [0.3, 0.4) is 0 Å². The van der Waals surface area contributed by atoms with Crippen LogP contribution in [-0.2, 0) is 0 Å². The van der Waals surface area contributed by atoms with Crippen molar-refractivity contribution in [1.82, 2.24) is 15.3 Å². The highest BCUT2D eigenvalue weighted by Crippen LogP contribution is 2.29. The molecule has 0 amide bonds. The van der Waals surface area contributed by atoms with Crippen LogP contribution >= 0.6 is 0 Å². The molecule has 2 aromatic heterocycles. The van der Waals surface area contributed by atoms with Crippen LogP contribution in [0.15, 0.2) is 47.3 Å². The fourth-order valence-electron chi connectivity index (χ4n) is 2.48. The molecule has 1 N–H and O–H groups in total. The Morgan fingerprint density at radius 3 is 2.90 bits per heavy atom. The predicted molar refractivity (Wildman–Crippen MR) is 83.1 cm³/mol. The third kappa shape index (κ3) is 2.81. The van der Waals surface area contributed by atoms with E-state index in [0.29, 0.717) is 0 Å². The third-order valence-electron chi connectivity index (χ3n) is 3.54. The summed E-state index contributed by atoms with van der Waals surface area (Å²) in [6.07, 6.45) is 4.39. The van der Waals surface area contributed by atoms with Gasteiger partial charge in [-0.15, -0.1) is 0 Å². The lowest BCUT2D eigenvalue weighted by Gasteiger charge is -2.15. The van der Waals surface area contributed by atoms with Gasteiger partial charge in [0.05, 0.1) is 5.69 Å². The quantitative estimate of drug-likeness (QED) is 0.776. The van der Waals surface area contributed by atoms with Gasteiger partial charge in [-0.05, 0) is 37.6 Å². The summed E-state index contributed by atoms with van der Waals surface area (Å²) >= 11 is 0. The average Bonchev–Trinajstić information content (AvgIpc) is 2.94. The zero-order chi connectivity index (χ0) is 14.7. The summed E-state index contributed by atoms with van der Waals surface area (Å²) < 4.78 is 6.09. The summed E-state index contributed by atoms with van der Waals surface area (Å²) in [5.41, 5.74) is 3.02. The lowest BCUT2D eigenvalue weighted by Crippen LogP contribution is -2.23. The number of furan rings is 1. The van der Waals surface area contributed by atoms with Crippen LogP contribution in [0, 0.1) is 6.92 Å². The van der Waals surface area contributed by atoms with Crippen molar-refractivity contribution in [1.29, 1.82) is 0 Å². The number of fused-ring (bicyclic) bond motifs is 1. The van der Waals surface area contributed by atoms with Crippen molar-refractivity contribution in [2.45, 2.75) is 26.3 Å². The second-order valence-corrected chi connectivity index (χ2v) is 5.16. The van der Waals surface area contributed by atoms with Gasteiger partial charge in [0, 0.05) is 11.6 Å². The van der Waals surface area contributed by atoms with E-state index in [4.69, 9.17) is 4.42 Å². The first-order valence-corrected chi connectivity index (χ1v) is 7.28. The first-order chi connectivity index (χ1) is 10.3. The number of hydrogen-bond donors (Lipinski definition) is 1. The van der Waals surface area contributed by atoms with Gasteiger partial charge >= 0.3 is 0 Å². The molecule has 0 aliphatic rings. The van der Waals surface area contributed by atoms with Crippen LogP contribution in [0.25, 0.3) is 11.0 Å². The van der Waals surface area contributed by atoms with E-state index < -0.39 is 0 Å². The van der Waals surface area contributed by atoms with E-state index in [1.807, 2.05) is 6.07 Å². The van der Waals surface area contributed by atoms with E-state index in [1.165, 1.54) is 0 Å². The molecule has 3 rings (SSSR count). The molecule has 0 saturated heterocycles. The lowest BCUT2D eigenvalue weighted by molar-refractivity contribution is 0.462. The maximum atomic E-state index is 6.09. The zero-order valence-corrected chi connectivity index (χ0v) is 12.3. The highest BCUT2D eigenvalue weighted by molar-refractivity contribution is 5.81. The second kappa shape index (κ2) is 6.06. The summed E-state index contributed by atoms with van der Waals surface area (Å²) in [6, 6.07) is 10.2. The normalized spacial score (nSPS) is 12.7. The molecule has 4 heteroatoms. The maximum Gasteiger partial charge on any atom is 0.137 e. The molecular formula is C17H19N3O. The Hall–Kier alpha value is -2.20. The molecule has 4 nitrogen and oxygen atoms in total. The van der Waals surface area contributed by atoms with Crippen molar-refractivity contribution in [3.8, 4) is 0 Å². The Bertz CT molecular complexity index is 721. The Balaban J connectivity index is 2.03. The van der Waals surface area contributed by atoms with Crippen LogP contribution in [0.2, 0.25) is 0 Å². The van der Waals surface area contributed by atoms with Gasteiger partial charge in [-0.2, -0.15) is 0 Å². The van der Waals surface area contributed by atoms with E-state index in [2.05, 4.69) is 53.4 Å². The number of hydrogen-bond acceptors (Lipinski definition) is 4. The second-order valence-electron chi connectivity index (χ2n) is 5.16. The number of para-hydroxylation sites is 1. The highest BCUT2D eigenvalue weighted by Gasteiger charge is 2.19. The van der Waals surface area contributed by atoms with Gasteiger partial charge in [0.2, 0.25) is 0 Å². The Labute approximate surface area is 124 Å². The van der Waals surface area contributed by atoms with Gasteiger partial charge in [0.25, 0.3) is 0 Å². The number of rotatable bonds is 5. The van der Waals surface area contributed by atoms with E-state index in [0.717, 1.165) is 41.0 Å². The van der Waals surface area contributed by atoms with Crippen molar-refractivity contribution >= 4 is 11.0 Å². The summed E-state index contributed by atoms with van der Waals surface area (Å²) in [7, 11) is 0. The number of nitrogens with one attached hydrogen (secondary N) is 1. The molecule has 1 unspecified atom stereocenters. The number of aryl methyl sites for hydroxylation is 1. The summed E-state index contributed by atoms with van der Waals surface area (Å²) in [5, 5.41) is 4.63. The molecule has 21 heavy (non-hydrogen) atoms. The predicted octanol–water partition coefficient (Wildman–Crippen LogP) is 3.62. The van der Waals surface area contributed by atoms with E-state index in [9.17, 15) is 0 Å². The summed E-state index contributed by atoms with van der Waals surface area (Å²) in [6.45, 7) is 5.12. The van der Waals surface area contributed by atoms with Crippen LogP contribution in [0.5, 0.6) is 0 Å². The van der Waals surface area contributed by atoms with Gasteiger partial charge in [-0.3, -0.25) is 0 Å². The topological polar surface area (TPSA) is 51.0 Å². The van der Waals surface area contributed by atoms with Gasteiger partial charge in [-0.25, -0.2) is 9.97 Å². The van der Waals surface area contributed by atoms with Crippen LogP contribution in [-0.4, -0.2) is 16.5 Å². The van der Waals surface area contributed by atoms with E-state index in [-0.39, 0.29) is 6.04 Å². The monoisotopic (exact) mass is 281 g/mol. The number of benzene rings is 1. The van der Waals surface area contributed by atoms with Gasteiger partial charge in [0.1, 0.15) is 23.7 Å². The van der Waals surface area contributed by atoms with E-state index in [1.54, 1.807) is 12.5 Å². The molecule has 0 radical (unpaired) electrons. The SMILES string of the molecule is CCCNC(c1ccncn1)c1cc2cccc(C)c2o1. The first-order valence-electron chi connectivity index (χ1n) is 7.28. The summed E-state index contributed by atoms with van der Waals surface area (Å²) in [4.78, 5) is 8.36. The molecule has 0 aliphatic carbocycles. The largest absolute Gasteiger partial charge is 0.459 e. The smallest absolute Gasteiger partial charge is 0.137 e. The molecular weight excluding hydrogens is 262 g/mol. The van der Waals surface area contributed by atoms with Crippen molar-refractivity contribution < 1.29 is 4.42 Å². The average molecular weight is 281 g/mol. The molecule has 0 spiro atoms. The molecule has 1 aromatic carbocycles. The Morgan fingerprint density at radius 1 is 1.29 bits per heavy atom. The van der Waals surface area contributed by atoms with Crippen molar-refractivity contribution in [3.63, 3.8) is 0 Å². The summed E-state index contributed by atoms with van der Waals surface area (Å²) in [5.74, 6) is 0.895. The maximum absolute atomic E-state index is 6.09. The first kappa shape index (κ1) is 13.8. The van der Waals surface area contributed by atoms with Gasteiger partial charge < -0.3 is 9.73 Å². The molecule has 0 aliphatic heterocycles. The Kier molecular flexibility index (Phi) is 3.97. The lowest BCUT2D eigenvalue weighted by atomic mass is 10.1. The van der Waals surface area contributed by atoms with Crippen molar-refractivity contribution in [2.75, 3.05) is 6.54 Å². The van der Waals surface area contributed by atoms with Crippen molar-refractivity contribution in [2.24, 2.45) is 0 Å². The fraction of sp³-hybridized carbons (Fsp3) is 0.294. The van der Waals surface area contributed by atoms with Crippen molar-refractivity contribution in [3.05, 3.63) is 59.9 Å². The number of nitrogens with zero attached hydrogens (tertiary/aromatic N) is 2. The highest BCUT2D eigenvalue weighted by atomic mass is 16.3. The van der Waals surface area contributed by atoms with Crippen LogP contribution in [0.1, 0.15) is 36.4 Å². The third-order valence-corrected chi connectivity index (χ3v) is 3.54. The molecule has 108 valence electrons. The Morgan fingerprint density at radius 2 is 2.19 bits per heavy atom. The van der Waals surface area contributed by atoms with Crippen LogP contribution < -0.4 is 5.32 Å². The molecule has 1 atom stereocenters. The minimum atomic E-state index is -0.0419.